The molecule has 94 valence electrons. The monoisotopic (exact) mass is 347 g/mol. The van der Waals surface area contributed by atoms with Gasteiger partial charge >= 0.3 is 0 Å². The normalized spacial score (nSPS) is 10.6. The van der Waals surface area contributed by atoms with Crippen LogP contribution in [0.3, 0.4) is 0 Å². The molecule has 1 rings (SSSR count). The Bertz CT molecular complexity index is 380. The van der Waals surface area contributed by atoms with E-state index in [1.807, 2.05) is 0 Å². The predicted octanol–water partition coefficient (Wildman–Crippen LogP) is 1.87. The molecule has 17 heavy (non-hydrogen) atoms. The zero-order valence-electron chi connectivity index (χ0n) is 10.2. The molecule has 3 N–H and O–H groups in total. The van der Waals surface area contributed by atoms with Crippen molar-refractivity contribution in [2.75, 3.05) is 18.0 Å². The molecule has 0 aliphatic heterocycles. The van der Waals surface area contributed by atoms with Gasteiger partial charge in [-0.05, 0) is 28.5 Å². The van der Waals surface area contributed by atoms with E-state index in [2.05, 4.69) is 51.3 Å². The molecule has 0 aliphatic carbocycles. The van der Waals surface area contributed by atoms with Crippen molar-refractivity contribution in [3.8, 4) is 0 Å². The summed E-state index contributed by atoms with van der Waals surface area (Å²) in [6, 6.07) is 0. The highest BCUT2D eigenvalue weighted by molar-refractivity contribution is 14.1. The van der Waals surface area contributed by atoms with E-state index < -0.39 is 0 Å². The van der Waals surface area contributed by atoms with Gasteiger partial charge in [-0.15, -0.1) is 0 Å². The van der Waals surface area contributed by atoms with Gasteiger partial charge < -0.3 is 10.6 Å². The number of anilines is 1. The second-order valence-corrected chi connectivity index (χ2v) is 5.47. The van der Waals surface area contributed by atoms with Gasteiger partial charge in [0.2, 0.25) is 0 Å². The minimum atomic E-state index is 0.211. The number of nitrogens with two attached hydrogens (primary N) is 1. The van der Waals surface area contributed by atoms with Crippen LogP contribution in [-0.2, 0) is 0 Å². The summed E-state index contributed by atoms with van der Waals surface area (Å²) in [4.78, 5) is 10.5. The maximum Gasteiger partial charge on any atom is 0.145 e. The lowest BCUT2D eigenvalue weighted by Gasteiger charge is -2.26. The number of amidine groups is 1. The fourth-order valence-corrected chi connectivity index (χ4v) is 2.16. The molecule has 0 aromatic carbocycles. The van der Waals surface area contributed by atoms with Gasteiger partial charge in [-0.1, -0.05) is 13.8 Å². The number of nitrogens with one attached hydrogen (secondary N) is 1. The summed E-state index contributed by atoms with van der Waals surface area (Å²) in [5.74, 6) is 1.67. The fraction of sp³-hybridized carbons (Fsp3) is 0.545. The van der Waals surface area contributed by atoms with Crippen molar-refractivity contribution in [3.05, 3.63) is 16.1 Å². The molecule has 6 heteroatoms. The third-order valence-electron chi connectivity index (χ3n) is 2.18. The highest BCUT2D eigenvalue weighted by Gasteiger charge is 2.13. The average Bonchev–Trinajstić information content (AvgIpc) is 2.24. The van der Waals surface area contributed by atoms with Crippen LogP contribution in [0.5, 0.6) is 0 Å². The summed E-state index contributed by atoms with van der Waals surface area (Å²) in [7, 11) is 0. The lowest BCUT2D eigenvalue weighted by Crippen LogP contribution is -2.32. The molecule has 0 unspecified atom stereocenters. The van der Waals surface area contributed by atoms with Crippen LogP contribution in [0.4, 0.5) is 5.82 Å². The molecule has 5 nitrogen and oxygen atoms in total. The smallest absolute Gasteiger partial charge is 0.145 e. The van der Waals surface area contributed by atoms with Crippen LogP contribution < -0.4 is 10.6 Å². The van der Waals surface area contributed by atoms with Crippen LogP contribution in [0.15, 0.2) is 12.5 Å². The van der Waals surface area contributed by atoms with Crippen LogP contribution >= 0.6 is 22.6 Å². The zero-order valence-corrected chi connectivity index (χ0v) is 12.3. The van der Waals surface area contributed by atoms with Gasteiger partial charge in [-0.25, -0.2) is 9.97 Å². The van der Waals surface area contributed by atoms with E-state index in [-0.39, 0.29) is 5.84 Å². The molecule has 1 aromatic rings. The molecule has 0 aliphatic rings. The molecule has 1 heterocycles. The standard InChI is InChI=1S/C11H18IN5/c1-8(2)6-17(4-3-10(13)14)11-9(12)5-15-7-16-11/h5,7-8H,3-4,6H2,1-2H3,(H3,13,14). The molecule has 0 saturated heterocycles. The van der Waals surface area contributed by atoms with Crippen LogP contribution in [0.1, 0.15) is 20.3 Å². The number of hydrogen-bond acceptors (Lipinski definition) is 4. The number of halogens is 1. The summed E-state index contributed by atoms with van der Waals surface area (Å²) in [6.45, 7) is 5.95. The number of nitrogens with zero attached hydrogens (tertiary/aromatic N) is 3. The van der Waals surface area contributed by atoms with E-state index in [0.717, 1.165) is 22.5 Å². The zero-order chi connectivity index (χ0) is 12.8. The van der Waals surface area contributed by atoms with Gasteiger partial charge in [0.05, 0.1) is 9.41 Å². The Hall–Kier alpha value is -0.920. The largest absolute Gasteiger partial charge is 0.388 e. The van der Waals surface area contributed by atoms with Crippen LogP contribution in [0, 0.1) is 14.9 Å². The maximum absolute atomic E-state index is 7.30. The fourth-order valence-electron chi connectivity index (χ4n) is 1.52. The molecule has 0 spiro atoms. The molecule has 1 aromatic heterocycles. The van der Waals surface area contributed by atoms with Crippen molar-refractivity contribution in [2.45, 2.75) is 20.3 Å². The number of rotatable bonds is 6. The van der Waals surface area contributed by atoms with Crippen molar-refractivity contribution in [1.29, 1.82) is 5.41 Å². The molecule has 0 fully saturated rings. The topological polar surface area (TPSA) is 78.9 Å². The Labute approximate surface area is 115 Å². The van der Waals surface area contributed by atoms with E-state index >= 15 is 0 Å². The minimum Gasteiger partial charge on any atom is -0.388 e. The first kappa shape index (κ1) is 14.1. The quantitative estimate of drug-likeness (QED) is 0.468. The molecule has 0 saturated carbocycles. The van der Waals surface area contributed by atoms with E-state index in [9.17, 15) is 0 Å². The third-order valence-corrected chi connectivity index (χ3v) is 2.95. The molecule has 0 amide bonds. The summed E-state index contributed by atoms with van der Waals surface area (Å²) in [6.07, 6.45) is 3.91. The Morgan fingerprint density at radius 2 is 2.29 bits per heavy atom. The SMILES string of the molecule is CC(C)CN(CCC(=N)N)c1ncncc1I. The van der Waals surface area contributed by atoms with Gasteiger partial charge in [0.25, 0.3) is 0 Å². The van der Waals surface area contributed by atoms with Crippen LogP contribution in [0.25, 0.3) is 0 Å². The van der Waals surface area contributed by atoms with E-state index in [1.54, 1.807) is 12.5 Å². The van der Waals surface area contributed by atoms with E-state index in [4.69, 9.17) is 11.1 Å². The highest BCUT2D eigenvalue weighted by Crippen LogP contribution is 2.19. The van der Waals surface area contributed by atoms with Gasteiger partial charge in [0.1, 0.15) is 12.1 Å². The highest BCUT2D eigenvalue weighted by atomic mass is 127. The molecule has 0 radical (unpaired) electrons. The first-order valence-electron chi connectivity index (χ1n) is 5.54. The molecular formula is C11H18IN5. The Morgan fingerprint density at radius 3 is 2.82 bits per heavy atom. The predicted molar refractivity (Wildman–Crippen MR) is 78.3 cm³/mol. The lowest BCUT2D eigenvalue weighted by atomic mass is 10.2. The van der Waals surface area contributed by atoms with Crippen molar-refractivity contribution in [3.63, 3.8) is 0 Å². The Kier molecular flexibility index (Phi) is 5.60. The summed E-state index contributed by atoms with van der Waals surface area (Å²) >= 11 is 2.23. The van der Waals surface area contributed by atoms with Crippen molar-refractivity contribution in [1.82, 2.24) is 9.97 Å². The van der Waals surface area contributed by atoms with Crippen LogP contribution in [0.2, 0.25) is 0 Å². The molecular weight excluding hydrogens is 329 g/mol. The van der Waals surface area contributed by atoms with Crippen molar-refractivity contribution in [2.24, 2.45) is 11.7 Å². The first-order chi connectivity index (χ1) is 8.00. The van der Waals surface area contributed by atoms with Crippen molar-refractivity contribution >= 4 is 34.2 Å². The summed E-state index contributed by atoms with van der Waals surface area (Å²) in [5, 5.41) is 7.30. The molecule has 0 bridgehead atoms. The van der Waals surface area contributed by atoms with Crippen molar-refractivity contribution < 1.29 is 0 Å². The van der Waals surface area contributed by atoms with Gasteiger partial charge in [0, 0.05) is 25.7 Å². The minimum absolute atomic E-state index is 0.211. The third kappa shape index (κ3) is 4.84. The van der Waals surface area contributed by atoms with Gasteiger partial charge in [0.15, 0.2) is 0 Å². The lowest BCUT2D eigenvalue weighted by molar-refractivity contribution is 0.607. The van der Waals surface area contributed by atoms with Crippen LogP contribution in [-0.4, -0.2) is 28.9 Å². The van der Waals surface area contributed by atoms with E-state index in [1.165, 1.54) is 0 Å². The maximum atomic E-state index is 7.30. The summed E-state index contributed by atoms with van der Waals surface area (Å²) in [5.41, 5.74) is 5.41. The molecule has 0 atom stereocenters. The van der Waals surface area contributed by atoms with E-state index in [0.29, 0.717) is 12.3 Å². The second kappa shape index (κ2) is 6.73. The summed E-state index contributed by atoms with van der Waals surface area (Å²) < 4.78 is 1.02. The number of aromatic nitrogens is 2. The second-order valence-electron chi connectivity index (χ2n) is 4.31. The first-order valence-corrected chi connectivity index (χ1v) is 6.62. The van der Waals surface area contributed by atoms with Gasteiger partial charge in [-0.3, -0.25) is 5.41 Å². The average molecular weight is 347 g/mol. The Morgan fingerprint density at radius 1 is 1.59 bits per heavy atom. The van der Waals surface area contributed by atoms with Gasteiger partial charge in [-0.2, -0.15) is 0 Å². The Balaban J connectivity index is 2.82. The number of hydrogen-bond donors (Lipinski definition) is 2.